The van der Waals surface area contributed by atoms with Crippen LogP contribution in [0.3, 0.4) is 0 Å². The lowest BCUT2D eigenvalue weighted by Gasteiger charge is -2.12. The molecule has 0 fully saturated rings. The first-order valence-electron chi connectivity index (χ1n) is 11.7. The number of alkyl halides is 3. The lowest BCUT2D eigenvalue weighted by Crippen LogP contribution is -2.20. The zero-order valence-electron chi connectivity index (χ0n) is 20.3. The van der Waals surface area contributed by atoms with Gasteiger partial charge >= 0.3 is 6.18 Å². The van der Waals surface area contributed by atoms with Gasteiger partial charge in [-0.15, -0.1) is 0 Å². The van der Waals surface area contributed by atoms with E-state index in [1.807, 2.05) is 0 Å². The number of ether oxygens (including phenoxy) is 1. The van der Waals surface area contributed by atoms with Crippen LogP contribution < -0.4 is 10.3 Å². The first-order chi connectivity index (χ1) is 19.1. The van der Waals surface area contributed by atoms with Gasteiger partial charge in [-0.25, -0.2) is 4.98 Å². The second kappa shape index (κ2) is 11.4. The van der Waals surface area contributed by atoms with Crippen molar-refractivity contribution in [3.63, 3.8) is 0 Å². The summed E-state index contributed by atoms with van der Waals surface area (Å²) < 4.78 is 47.7. The maximum atomic E-state index is 13.4. The minimum absolute atomic E-state index is 0.0232. The molecule has 40 heavy (non-hydrogen) atoms. The van der Waals surface area contributed by atoms with Crippen LogP contribution in [0, 0.1) is 0 Å². The first kappa shape index (κ1) is 27.9. The molecule has 11 heteroatoms. The molecule has 0 spiro atoms. The van der Waals surface area contributed by atoms with Crippen LogP contribution in [0.25, 0.3) is 22.3 Å². The van der Waals surface area contributed by atoms with Crippen LogP contribution in [0.15, 0.2) is 99.3 Å². The molecule has 5 aromatic rings. The Kier molecular flexibility index (Phi) is 7.98. The van der Waals surface area contributed by atoms with Crippen molar-refractivity contribution in [1.82, 2.24) is 9.66 Å². The van der Waals surface area contributed by atoms with E-state index in [9.17, 15) is 18.0 Å². The molecule has 0 N–H and O–H groups in total. The van der Waals surface area contributed by atoms with Gasteiger partial charge in [-0.2, -0.15) is 22.9 Å². The van der Waals surface area contributed by atoms with Crippen molar-refractivity contribution >= 4 is 56.2 Å². The Morgan fingerprint density at radius 1 is 0.975 bits per heavy atom. The van der Waals surface area contributed by atoms with Gasteiger partial charge in [-0.3, -0.25) is 4.79 Å². The van der Waals surface area contributed by atoms with Crippen LogP contribution in [0.5, 0.6) is 5.75 Å². The summed E-state index contributed by atoms with van der Waals surface area (Å²) >= 11 is 15.6. The van der Waals surface area contributed by atoms with Crippen molar-refractivity contribution in [3.8, 4) is 17.1 Å². The Labute approximate surface area is 244 Å². The first-order valence-corrected chi connectivity index (χ1v) is 13.2. The molecule has 1 aromatic heterocycles. The van der Waals surface area contributed by atoms with Crippen LogP contribution in [0.4, 0.5) is 13.2 Å². The normalized spacial score (nSPS) is 11.8. The second-order valence-corrected chi connectivity index (χ2v) is 10.3. The molecule has 0 aliphatic rings. The number of hydrogen-bond acceptors (Lipinski definition) is 4. The van der Waals surface area contributed by atoms with E-state index in [-0.39, 0.29) is 23.4 Å². The molecule has 0 unspecified atom stereocenters. The van der Waals surface area contributed by atoms with E-state index in [4.69, 9.17) is 27.9 Å². The van der Waals surface area contributed by atoms with E-state index in [2.05, 4.69) is 26.0 Å². The Hall–Kier alpha value is -3.66. The molecule has 5 rings (SSSR count). The third-order valence-electron chi connectivity index (χ3n) is 5.88. The van der Waals surface area contributed by atoms with Crippen molar-refractivity contribution in [2.75, 3.05) is 0 Å². The Balaban J connectivity index is 1.49. The number of hydrogen-bond donors (Lipinski definition) is 0. The van der Waals surface area contributed by atoms with E-state index < -0.39 is 17.3 Å². The number of aromatic nitrogens is 2. The summed E-state index contributed by atoms with van der Waals surface area (Å²) in [4.78, 5) is 17.8. The molecule has 0 saturated carbocycles. The van der Waals surface area contributed by atoms with Crippen LogP contribution in [0.1, 0.15) is 16.7 Å². The summed E-state index contributed by atoms with van der Waals surface area (Å²) in [7, 11) is 0. The zero-order valence-corrected chi connectivity index (χ0v) is 23.4. The van der Waals surface area contributed by atoms with E-state index in [0.717, 1.165) is 22.4 Å². The smallest absolute Gasteiger partial charge is 0.416 e. The standard InChI is InChI=1S/C29H17BrCl2F3N3O2/c30-23-12-17(8-11-26(23)40-16-19-9-10-21(31)14-24(19)32)15-36-38-27(18-4-3-5-20(13-18)29(33,34)35)37-25-7-2-1-6-22(25)28(38)39/h1-15H,16H2. The van der Waals surface area contributed by atoms with E-state index >= 15 is 0 Å². The minimum atomic E-state index is -4.56. The molecule has 1 heterocycles. The lowest BCUT2D eigenvalue weighted by molar-refractivity contribution is -0.137. The predicted molar refractivity (Wildman–Crippen MR) is 154 cm³/mol. The zero-order chi connectivity index (χ0) is 28.4. The molecule has 202 valence electrons. The van der Waals surface area contributed by atoms with Gasteiger partial charge in [-0.05, 0) is 76.1 Å². The SMILES string of the molecule is O=c1c2ccccc2nc(-c2cccc(C(F)(F)F)c2)n1N=Cc1ccc(OCc2ccc(Cl)cc2Cl)c(Br)c1. The average molecular weight is 647 g/mol. The predicted octanol–water partition coefficient (Wildman–Crippen LogP) is 8.61. The fourth-order valence-electron chi connectivity index (χ4n) is 3.89. The van der Waals surface area contributed by atoms with Gasteiger partial charge in [0.15, 0.2) is 5.82 Å². The molecule has 0 radical (unpaired) electrons. The van der Waals surface area contributed by atoms with Crippen molar-refractivity contribution in [1.29, 1.82) is 0 Å². The average Bonchev–Trinajstić information content (AvgIpc) is 2.92. The summed E-state index contributed by atoms with van der Waals surface area (Å²) in [5.41, 5.74) is 0.417. The van der Waals surface area contributed by atoms with Crippen molar-refractivity contribution in [3.05, 3.63) is 126 Å². The van der Waals surface area contributed by atoms with Gasteiger partial charge < -0.3 is 4.74 Å². The van der Waals surface area contributed by atoms with Gasteiger partial charge in [-0.1, -0.05) is 53.5 Å². The van der Waals surface area contributed by atoms with Crippen LogP contribution in [-0.2, 0) is 12.8 Å². The van der Waals surface area contributed by atoms with Crippen LogP contribution >= 0.6 is 39.1 Å². The molecule has 5 nitrogen and oxygen atoms in total. The highest BCUT2D eigenvalue weighted by Crippen LogP contribution is 2.32. The van der Waals surface area contributed by atoms with Crippen LogP contribution in [-0.4, -0.2) is 15.9 Å². The third-order valence-corrected chi connectivity index (χ3v) is 7.09. The van der Waals surface area contributed by atoms with Crippen molar-refractivity contribution < 1.29 is 17.9 Å². The fraction of sp³-hybridized carbons (Fsp3) is 0.0690. The minimum Gasteiger partial charge on any atom is -0.488 e. The Morgan fingerprint density at radius 2 is 1.77 bits per heavy atom. The lowest BCUT2D eigenvalue weighted by atomic mass is 10.1. The highest BCUT2D eigenvalue weighted by Gasteiger charge is 2.31. The number of benzene rings is 4. The third kappa shape index (κ3) is 6.06. The van der Waals surface area contributed by atoms with Gasteiger partial charge in [0.1, 0.15) is 12.4 Å². The monoisotopic (exact) mass is 645 g/mol. The molecule has 0 amide bonds. The quantitative estimate of drug-likeness (QED) is 0.174. The number of halogens is 6. The van der Waals surface area contributed by atoms with Crippen molar-refractivity contribution in [2.45, 2.75) is 12.8 Å². The summed E-state index contributed by atoms with van der Waals surface area (Å²) in [5.74, 6) is 0.516. The van der Waals surface area contributed by atoms with E-state index in [0.29, 0.717) is 31.3 Å². The molecular weight excluding hydrogens is 630 g/mol. The second-order valence-electron chi connectivity index (χ2n) is 8.61. The highest BCUT2D eigenvalue weighted by atomic mass is 79.9. The van der Waals surface area contributed by atoms with Crippen LogP contribution in [0.2, 0.25) is 10.0 Å². The maximum Gasteiger partial charge on any atom is 0.416 e. The van der Waals surface area contributed by atoms with E-state index in [1.165, 1.54) is 18.3 Å². The molecule has 4 aromatic carbocycles. The van der Waals surface area contributed by atoms with Gasteiger partial charge in [0, 0.05) is 21.2 Å². The van der Waals surface area contributed by atoms with Gasteiger partial charge in [0.25, 0.3) is 5.56 Å². The number of nitrogens with zero attached hydrogens (tertiary/aromatic N) is 3. The number of fused-ring (bicyclic) bond motifs is 1. The van der Waals surface area contributed by atoms with Gasteiger partial charge in [0.2, 0.25) is 0 Å². The highest BCUT2D eigenvalue weighted by molar-refractivity contribution is 9.10. The molecule has 0 atom stereocenters. The number of rotatable bonds is 6. The fourth-order valence-corrected chi connectivity index (χ4v) is 4.86. The summed E-state index contributed by atoms with van der Waals surface area (Å²) in [6.45, 7) is 0.209. The van der Waals surface area contributed by atoms with Gasteiger partial charge in [0.05, 0.1) is 27.2 Å². The molecule has 0 aliphatic carbocycles. The van der Waals surface area contributed by atoms with E-state index in [1.54, 1.807) is 60.7 Å². The van der Waals surface area contributed by atoms with Crippen molar-refractivity contribution in [2.24, 2.45) is 5.10 Å². The molecular formula is C29H17BrCl2F3N3O2. The Morgan fingerprint density at radius 3 is 2.52 bits per heavy atom. The number of para-hydroxylation sites is 1. The molecule has 0 saturated heterocycles. The summed E-state index contributed by atoms with van der Waals surface area (Å²) in [6, 6.07) is 21.5. The summed E-state index contributed by atoms with van der Waals surface area (Å²) in [6.07, 6.45) is -3.14. The Bertz CT molecular complexity index is 1820. The molecule has 0 aliphatic heterocycles. The topological polar surface area (TPSA) is 56.5 Å². The molecule has 0 bridgehead atoms. The summed E-state index contributed by atoms with van der Waals surface area (Å²) in [5, 5.41) is 5.61. The largest absolute Gasteiger partial charge is 0.488 e. The maximum absolute atomic E-state index is 13.4.